The normalized spacial score (nSPS) is 12.4. The summed E-state index contributed by atoms with van der Waals surface area (Å²) in [5.41, 5.74) is 1.20. The second kappa shape index (κ2) is 7.25. The zero-order valence-corrected chi connectivity index (χ0v) is 10.1. The van der Waals surface area contributed by atoms with Crippen molar-refractivity contribution >= 4 is 0 Å². The summed E-state index contributed by atoms with van der Waals surface area (Å²) in [5.74, 6) is 0.903. The second-order valence-electron chi connectivity index (χ2n) is 3.77. The van der Waals surface area contributed by atoms with Crippen LogP contribution in [0.5, 0.6) is 5.75 Å². The third-order valence-corrected chi connectivity index (χ3v) is 2.41. The summed E-state index contributed by atoms with van der Waals surface area (Å²) in [7, 11) is 0. The van der Waals surface area contributed by atoms with E-state index in [9.17, 15) is 5.11 Å². The lowest BCUT2D eigenvalue weighted by molar-refractivity contribution is 0.167. The summed E-state index contributed by atoms with van der Waals surface area (Å²) in [6.07, 6.45) is 0.540. The fraction of sp³-hybridized carbons (Fsp3) is 0.538. The van der Waals surface area contributed by atoms with Gasteiger partial charge < -0.3 is 15.2 Å². The summed E-state index contributed by atoms with van der Waals surface area (Å²) in [6, 6.07) is 8.01. The quantitative estimate of drug-likeness (QED) is 0.742. The fourth-order valence-electron chi connectivity index (χ4n) is 1.40. The summed E-state index contributed by atoms with van der Waals surface area (Å²) < 4.78 is 5.36. The molecule has 0 spiro atoms. The van der Waals surface area contributed by atoms with Gasteiger partial charge in [-0.3, -0.25) is 0 Å². The van der Waals surface area contributed by atoms with Crippen LogP contribution >= 0.6 is 0 Å². The molecule has 3 heteroatoms. The molecule has 0 radical (unpaired) electrons. The van der Waals surface area contributed by atoms with E-state index in [1.165, 1.54) is 5.56 Å². The van der Waals surface area contributed by atoms with Gasteiger partial charge in [-0.25, -0.2) is 0 Å². The molecule has 0 fully saturated rings. The summed E-state index contributed by atoms with van der Waals surface area (Å²) >= 11 is 0. The number of aliphatic hydroxyl groups excluding tert-OH is 1. The molecule has 3 nitrogen and oxygen atoms in total. The minimum atomic E-state index is -0.248. The molecular formula is C13H21NO2. The van der Waals surface area contributed by atoms with Crippen LogP contribution in [-0.2, 0) is 6.54 Å². The van der Waals surface area contributed by atoms with Gasteiger partial charge in [0.15, 0.2) is 0 Å². The van der Waals surface area contributed by atoms with Crippen molar-refractivity contribution in [2.24, 2.45) is 0 Å². The van der Waals surface area contributed by atoms with Crippen molar-refractivity contribution in [1.29, 1.82) is 0 Å². The van der Waals surface area contributed by atoms with Crippen LogP contribution in [0, 0.1) is 0 Å². The third-order valence-electron chi connectivity index (χ3n) is 2.41. The van der Waals surface area contributed by atoms with E-state index in [1.807, 2.05) is 38.1 Å². The molecule has 0 saturated carbocycles. The Balaban J connectivity index is 2.31. The predicted molar refractivity (Wildman–Crippen MR) is 65.6 cm³/mol. The van der Waals surface area contributed by atoms with Gasteiger partial charge in [-0.05, 0) is 31.0 Å². The number of aliphatic hydroxyl groups is 1. The van der Waals surface area contributed by atoms with Crippen molar-refractivity contribution in [2.75, 3.05) is 13.2 Å². The predicted octanol–water partition coefficient (Wildman–Crippen LogP) is 1.95. The van der Waals surface area contributed by atoms with E-state index in [0.717, 1.165) is 18.7 Å². The van der Waals surface area contributed by atoms with Crippen molar-refractivity contribution in [1.82, 2.24) is 5.32 Å². The van der Waals surface area contributed by atoms with E-state index in [2.05, 4.69) is 5.32 Å². The van der Waals surface area contributed by atoms with Crippen LogP contribution in [0.3, 0.4) is 0 Å². The zero-order chi connectivity index (χ0) is 11.8. The van der Waals surface area contributed by atoms with E-state index in [0.29, 0.717) is 13.2 Å². The zero-order valence-electron chi connectivity index (χ0n) is 10.1. The fourth-order valence-corrected chi connectivity index (χ4v) is 1.40. The monoisotopic (exact) mass is 223 g/mol. The Labute approximate surface area is 97.4 Å². The Morgan fingerprint density at radius 3 is 2.50 bits per heavy atom. The van der Waals surface area contributed by atoms with Crippen molar-refractivity contribution in [2.45, 2.75) is 32.9 Å². The first-order chi connectivity index (χ1) is 7.76. The third kappa shape index (κ3) is 4.64. The molecule has 1 rings (SSSR count). The van der Waals surface area contributed by atoms with E-state index >= 15 is 0 Å². The number of rotatable bonds is 7. The average molecular weight is 223 g/mol. The number of ether oxygens (including phenoxy) is 1. The van der Waals surface area contributed by atoms with Crippen LogP contribution in [0.25, 0.3) is 0 Å². The van der Waals surface area contributed by atoms with Crippen LogP contribution in [0.15, 0.2) is 24.3 Å². The molecule has 0 aliphatic heterocycles. The lowest BCUT2D eigenvalue weighted by atomic mass is 10.2. The summed E-state index contributed by atoms with van der Waals surface area (Å²) in [6.45, 7) is 6.07. The van der Waals surface area contributed by atoms with Gasteiger partial charge in [0.25, 0.3) is 0 Å². The summed E-state index contributed by atoms with van der Waals surface area (Å²) in [5, 5.41) is 12.6. The molecule has 0 amide bonds. The average Bonchev–Trinajstić information content (AvgIpc) is 2.31. The molecule has 1 aromatic carbocycles. The van der Waals surface area contributed by atoms with Crippen molar-refractivity contribution < 1.29 is 9.84 Å². The van der Waals surface area contributed by atoms with Gasteiger partial charge in [-0.15, -0.1) is 0 Å². The van der Waals surface area contributed by atoms with Crippen molar-refractivity contribution in [3.05, 3.63) is 29.8 Å². The van der Waals surface area contributed by atoms with Crippen LogP contribution in [0.4, 0.5) is 0 Å². The van der Waals surface area contributed by atoms with Crippen molar-refractivity contribution in [3.8, 4) is 5.75 Å². The first kappa shape index (κ1) is 13.0. The second-order valence-corrected chi connectivity index (χ2v) is 3.77. The molecule has 0 heterocycles. The highest BCUT2D eigenvalue weighted by Crippen LogP contribution is 2.11. The molecule has 0 aliphatic rings. The highest BCUT2D eigenvalue weighted by atomic mass is 16.5. The van der Waals surface area contributed by atoms with E-state index in [1.54, 1.807) is 0 Å². The Morgan fingerprint density at radius 2 is 1.94 bits per heavy atom. The molecule has 16 heavy (non-hydrogen) atoms. The smallest absolute Gasteiger partial charge is 0.119 e. The van der Waals surface area contributed by atoms with Crippen LogP contribution in [-0.4, -0.2) is 24.4 Å². The minimum Gasteiger partial charge on any atom is -0.494 e. The lowest BCUT2D eigenvalue weighted by Crippen LogP contribution is -2.25. The van der Waals surface area contributed by atoms with Gasteiger partial charge in [0.05, 0.1) is 12.7 Å². The molecule has 0 bridgehead atoms. The Kier molecular flexibility index (Phi) is 5.90. The Bertz CT molecular complexity index is 284. The highest BCUT2D eigenvalue weighted by molar-refractivity contribution is 5.27. The van der Waals surface area contributed by atoms with Gasteiger partial charge in [0.2, 0.25) is 0 Å². The van der Waals surface area contributed by atoms with Crippen LogP contribution in [0.2, 0.25) is 0 Å². The van der Waals surface area contributed by atoms with Gasteiger partial charge >= 0.3 is 0 Å². The Hall–Kier alpha value is -1.06. The maximum atomic E-state index is 9.37. The molecule has 1 atom stereocenters. The van der Waals surface area contributed by atoms with Gasteiger partial charge in [0, 0.05) is 13.1 Å². The SMILES string of the molecule is CCOc1ccc(CNCC(O)CC)cc1. The molecular weight excluding hydrogens is 202 g/mol. The van der Waals surface area contributed by atoms with Gasteiger partial charge in [-0.2, -0.15) is 0 Å². The Morgan fingerprint density at radius 1 is 1.25 bits per heavy atom. The minimum absolute atomic E-state index is 0.248. The molecule has 0 aromatic heterocycles. The maximum absolute atomic E-state index is 9.37. The van der Waals surface area contributed by atoms with E-state index in [-0.39, 0.29) is 6.10 Å². The topological polar surface area (TPSA) is 41.5 Å². The molecule has 1 unspecified atom stereocenters. The van der Waals surface area contributed by atoms with Gasteiger partial charge in [-0.1, -0.05) is 19.1 Å². The molecule has 0 saturated heterocycles. The maximum Gasteiger partial charge on any atom is 0.119 e. The number of hydrogen-bond acceptors (Lipinski definition) is 3. The number of nitrogens with one attached hydrogen (secondary N) is 1. The molecule has 90 valence electrons. The molecule has 2 N–H and O–H groups in total. The van der Waals surface area contributed by atoms with E-state index in [4.69, 9.17) is 4.74 Å². The van der Waals surface area contributed by atoms with Crippen molar-refractivity contribution in [3.63, 3.8) is 0 Å². The largest absolute Gasteiger partial charge is 0.494 e. The van der Waals surface area contributed by atoms with Gasteiger partial charge in [0.1, 0.15) is 5.75 Å². The van der Waals surface area contributed by atoms with E-state index < -0.39 is 0 Å². The highest BCUT2D eigenvalue weighted by Gasteiger charge is 1.99. The lowest BCUT2D eigenvalue weighted by Gasteiger charge is -2.09. The molecule has 1 aromatic rings. The number of benzene rings is 1. The van der Waals surface area contributed by atoms with Crippen LogP contribution in [0.1, 0.15) is 25.8 Å². The van der Waals surface area contributed by atoms with Crippen LogP contribution < -0.4 is 10.1 Å². The number of hydrogen-bond donors (Lipinski definition) is 2. The summed E-state index contributed by atoms with van der Waals surface area (Å²) in [4.78, 5) is 0. The standard InChI is InChI=1S/C13H21NO2/c1-3-12(15)10-14-9-11-5-7-13(8-6-11)16-4-2/h5-8,12,14-15H,3-4,9-10H2,1-2H3. The first-order valence-corrected chi connectivity index (χ1v) is 5.86. The first-order valence-electron chi connectivity index (χ1n) is 5.86. The molecule has 0 aliphatic carbocycles.